The molecule has 15 heavy (non-hydrogen) atoms. The second-order valence-electron chi connectivity index (χ2n) is 3.46. The van der Waals surface area contributed by atoms with Crippen molar-refractivity contribution in [3.63, 3.8) is 0 Å². The van der Waals surface area contributed by atoms with Crippen molar-refractivity contribution in [3.8, 4) is 0 Å². The zero-order valence-corrected chi connectivity index (χ0v) is 9.32. The van der Waals surface area contributed by atoms with Gasteiger partial charge in [0.25, 0.3) is 0 Å². The molecule has 1 rings (SSSR count). The van der Waals surface area contributed by atoms with E-state index in [4.69, 9.17) is 0 Å². The van der Waals surface area contributed by atoms with E-state index < -0.39 is 0 Å². The van der Waals surface area contributed by atoms with Crippen LogP contribution in [0.3, 0.4) is 0 Å². The third kappa shape index (κ3) is 4.46. The molecule has 0 unspecified atom stereocenters. The molecule has 0 aliphatic carbocycles. The van der Waals surface area contributed by atoms with Gasteiger partial charge in [-0.3, -0.25) is 0 Å². The molecule has 1 aromatic carbocycles. The molecule has 0 radical (unpaired) electrons. The Morgan fingerprint density at radius 1 is 1.27 bits per heavy atom. The van der Waals surface area contributed by atoms with Crippen LogP contribution in [0.1, 0.15) is 18.9 Å². The van der Waals surface area contributed by atoms with Gasteiger partial charge in [0.05, 0.1) is 0 Å². The molecule has 0 fully saturated rings. The van der Waals surface area contributed by atoms with Crippen LogP contribution in [-0.2, 0) is 6.42 Å². The first-order valence-corrected chi connectivity index (χ1v) is 5.35. The van der Waals surface area contributed by atoms with Crippen LogP contribution in [0.15, 0.2) is 66.8 Å². The fourth-order valence-electron chi connectivity index (χ4n) is 1.41. The Labute approximate surface area is 92.6 Å². The largest absolute Gasteiger partial charge is 0.0988 e. The number of allylic oxidation sites excluding steroid dienone is 5. The van der Waals surface area contributed by atoms with Crippen molar-refractivity contribution in [3.05, 3.63) is 72.4 Å². The summed E-state index contributed by atoms with van der Waals surface area (Å²) in [6.45, 7) is 5.85. The van der Waals surface area contributed by atoms with E-state index >= 15 is 0 Å². The van der Waals surface area contributed by atoms with Crippen molar-refractivity contribution in [1.29, 1.82) is 0 Å². The van der Waals surface area contributed by atoms with Crippen molar-refractivity contribution in [2.75, 3.05) is 0 Å². The van der Waals surface area contributed by atoms with Gasteiger partial charge in [-0.1, -0.05) is 61.2 Å². The van der Waals surface area contributed by atoms with Gasteiger partial charge in [0.2, 0.25) is 0 Å². The molecule has 0 spiro atoms. The summed E-state index contributed by atoms with van der Waals surface area (Å²) < 4.78 is 0. The molecule has 0 saturated carbocycles. The number of aryl methyl sites for hydroxylation is 1. The summed E-state index contributed by atoms with van der Waals surface area (Å²) in [5, 5.41) is 0. The Morgan fingerprint density at radius 2 is 2.00 bits per heavy atom. The second kappa shape index (κ2) is 6.83. The summed E-state index contributed by atoms with van der Waals surface area (Å²) in [6, 6.07) is 10.5. The van der Waals surface area contributed by atoms with Gasteiger partial charge in [0.15, 0.2) is 0 Å². The van der Waals surface area contributed by atoms with Crippen molar-refractivity contribution >= 4 is 0 Å². The van der Waals surface area contributed by atoms with Crippen LogP contribution in [0.4, 0.5) is 0 Å². The van der Waals surface area contributed by atoms with Crippen LogP contribution in [-0.4, -0.2) is 0 Å². The van der Waals surface area contributed by atoms with Crippen LogP contribution >= 0.6 is 0 Å². The Hall–Kier alpha value is -1.56. The monoisotopic (exact) mass is 198 g/mol. The van der Waals surface area contributed by atoms with Crippen LogP contribution < -0.4 is 0 Å². The SMILES string of the molecule is C=C/C(=C\C=C/C)CCc1ccccc1. The van der Waals surface area contributed by atoms with Crippen molar-refractivity contribution in [2.24, 2.45) is 0 Å². The number of rotatable bonds is 5. The standard InChI is InChI=1S/C15H18/c1-3-5-9-14(4-2)12-13-15-10-7-6-8-11-15/h3-11H,2,12-13H2,1H3/b5-3-,14-9+. The molecular formula is C15H18. The first kappa shape index (κ1) is 11.5. The van der Waals surface area contributed by atoms with E-state index in [9.17, 15) is 0 Å². The van der Waals surface area contributed by atoms with Crippen LogP contribution in [0, 0.1) is 0 Å². The van der Waals surface area contributed by atoms with E-state index in [1.165, 1.54) is 11.1 Å². The van der Waals surface area contributed by atoms with Gasteiger partial charge < -0.3 is 0 Å². The smallest absolute Gasteiger partial charge is 0.0238 e. The third-order valence-electron chi connectivity index (χ3n) is 2.31. The number of hydrogen-bond acceptors (Lipinski definition) is 0. The summed E-state index contributed by atoms with van der Waals surface area (Å²) >= 11 is 0. The third-order valence-corrected chi connectivity index (χ3v) is 2.31. The van der Waals surface area contributed by atoms with E-state index in [-0.39, 0.29) is 0 Å². The first-order chi connectivity index (χ1) is 7.36. The van der Waals surface area contributed by atoms with E-state index in [0.29, 0.717) is 0 Å². The zero-order valence-electron chi connectivity index (χ0n) is 9.32. The summed E-state index contributed by atoms with van der Waals surface area (Å²) in [4.78, 5) is 0. The van der Waals surface area contributed by atoms with Crippen LogP contribution in [0.5, 0.6) is 0 Å². The predicted octanol–water partition coefficient (Wildman–Crippen LogP) is 4.31. The molecule has 0 bridgehead atoms. The molecule has 0 heteroatoms. The van der Waals surface area contributed by atoms with E-state index in [0.717, 1.165) is 12.8 Å². The van der Waals surface area contributed by atoms with E-state index in [1.807, 2.05) is 25.1 Å². The molecule has 0 aliphatic heterocycles. The highest BCUT2D eigenvalue weighted by atomic mass is 14.0. The lowest BCUT2D eigenvalue weighted by molar-refractivity contribution is 0.966. The lowest BCUT2D eigenvalue weighted by Gasteiger charge is -2.01. The maximum atomic E-state index is 3.82. The minimum absolute atomic E-state index is 1.05. The first-order valence-electron chi connectivity index (χ1n) is 5.35. The quantitative estimate of drug-likeness (QED) is 0.618. The fraction of sp³-hybridized carbons (Fsp3) is 0.200. The highest BCUT2D eigenvalue weighted by molar-refractivity contribution is 5.24. The van der Waals surface area contributed by atoms with Gasteiger partial charge in [-0.25, -0.2) is 0 Å². The Morgan fingerprint density at radius 3 is 2.60 bits per heavy atom. The lowest BCUT2D eigenvalue weighted by atomic mass is 10.0. The number of hydrogen-bond donors (Lipinski definition) is 0. The van der Waals surface area contributed by atoms with Crippen LogP contribution in [0.25, 0.3) is 0 Å². The number of benzene rings is 1. The van der Waals surface area contributed by atoms with Crippen molar-refractivity contribution < 1.29 is 0 Å². The summed E-state index contributed by atoms with van der Waals surface area (Å²) in [6.07, 6.45) is 10.3. The average molecular weight is 198 g/mol. The molecule has 78 valence electrons. The Balaban J connectivity index is 2.52. The molecule has 0 atom stereocenters. The maximum Gasteiger partial charge on any atom is -0.0238 e. The molecule has 0 heterocycles. The molecule has 0 N–H and O–H groups in total. The lowest BCUT2D eigenvalue weighted by Crippen LogP contribution is -1.86. The van der Waals surface area contributed by atoms with Crippen molar-refractivity contribution in [1.82, 2.24) is 0 Å². The normalized spacial score (nSPS) is 11.9. The zero-order chi connectivity index (χ0) is 10.9. The molecular weight excluding hydrogens is 180 g/mol. The Bertz CT molecular complexity index is 342. The maximum absolute atomic E-state index is 3.82. The van der Waals surface area contributed by atoms with E-state index in [2.05, 4.69) is 43.0 Å². The van der Waals surface area contributed by atoms with Crippen LogP contribution in [0.2, 0.25) is 0 Å². The minimum atomic E-state index is 1.05. The average Bonchev–Trinajstić information content (AvgIpc) is 2.31. The molecule has 0 aromatic heterocycles. The second-order valence-corrected chi connectivity index (χ2v) is 3.46. The summed E-state index contributed by atoms with van der Waals surface area (Å²) in [7, 11) is 0. The highest BCUT2D eigenvalue weighted by Gasteiger charge is 1.93. The van der Waals surface area contributed by atoms with Gasteiger partial charge in [-0.05, 0) is 30.9 Å². The van der Waals surface area contributed by atoms with Gasteiger partial charge in [-0.15, -0.1) is 0 Å². The molecule has 0 aliphatic rings. The molecule has 0 amide bonds. The Kier molecular flexibility index (Phi) is 5.24. The van der Waals surface area contributed by atoms with Gasteiger partial charge in [0.1, 0.15) is 0 Å². The van der Waals surface area contributed by atoms with Gasteiger partial charge >= 0.3 is 0 Å². The fourth-order valence-corrected chi connectivity index (χ4v) is 1.41. The van der Waals surface area contributed by atoms with Gasteiger partial charge in [0, 0.05) is 0 Å². The topological polar surface area (TPSA) is 0 Å². The predicted molar refractivity (Wildman–Crippen MR) is 67.9 cm³/mol. The molecule has 1 aromatic rings. The van der Waals surface area contributed by atoms with E-state index in [1.54, 1.807) is 0 Å². The summed E-state index contributed by atoms with van der Waals surface area (Å²) in [5.74, 6) is 0. The minimum Gasteiger partial charge on any atom is -0.0988 e. The molecule has 0 saturated heterocycles. The van der Waals surface area contributed by atoms with Gasteiger partial charge in [-0.2, -0.15) is 0 Å². The van der Waals surface area contributed by atoms with Crippen molar-refractivity contribution in [2.45, 2.75) is 19.8 Å². The summed E-state index contributed by atoms with van der Waals surface area (Å²) in [5.41, 5.74) is 2.67. The highest BCUT2D eigenvalue weighted by Crippen LogP contribution is 2.09. The molecule has 0 nitrogen and oxygen atoms in total.